The van der Waals surface area contributed by atoms with Crippen LogP contribution in [0, 0.1) is 0 Å². The van der Waals surface area contributed by atoms with Gasteiger partial charge in [-0.3, -0.25) is 14.5 Å². The van der Waals surface area contributed by atoms with Gasteiger partial charge in [-0.15, -0.1) is 0 Å². The molecule has 0 saturated carbocycles. The van der Waals surface area contributed by atoms with Gasteiger partial charge in [0.2, 0.25) is 0 Å². The summed E-state index contributed by atoms with van der Waals surface area (Å²) in [7, 11) is 0. The predicted octanol–water partition coefficient (Wildman–Crippen LogP) is 7.44. The fraction of sp³-hybridized carbons (Fsp3) is 0.111. The highest BCUT2D eigenvalue weighted by molar-refractivity contribution is 6.44. The second kappa shape index (κ2) is 8.22. The summed E-state index contributed by atoms with van der Waals surface area (Å²) in [4.78, 5) is 28.4. The lowest BCUT2D eigenvalue weighted by molar-refractivity contribution is -0.112. The SMILES string of the molecule is CC(C)c1ccc2occ(/C=C3/C(=O)N(c4c(Cl)cccc4Cl)c4ccccc43)c(=O)c2c1. The maximum atomic E-state index is 13.6. The van der Waals surface area contributed by atoms with Crippen molar-refractivity contribution in [1.82, 2.24) is 0 Å². The number of carbonyl (C=O) groups excluding carboxylic acids is 1. The highest BCUT2D eigenvalue weighted by Gasteiger charge is 2.35. The van der Waals surface area contributed by atoms with E-state index >= 15 is 0 Å². The third-order valence-corrected chi connectivity index (χ3v) is 6.43. The lowest BCUT2D eigenvalue weighted by Crippen LogP contribution is -2.21. The van der Waals surface area contributed by atoms with E-state index in [4.69, 9.17) is 27.6 Å². The van der Waals surface area contributed by atoms with E-state index < -0.39 is 0 Å². The lowest BCUT2D eigenvalue weighted by atomic mass is 10.00. The third kappa shape index (κ3) is 3.56. The average Bonchev–Trinajstić information content (AvgIpc) is 3.07. The maximum absolute atomic E-state index is 13.6. The van der Waals surface area contributed by atoms with Gasteiger partial charge in [-0.25, -0.2) is 0 Å². The van der Waals surface area contributed by atoms with Crippen LogP contribution in [-0.4, -0.2) is 5.91 Å². The largest absolute Gasteiger partial charge is 0.463 e. The Morgan fingerprint density at radius 1 is 0.939 bits per heavy atom. The Morgan fingerprint density at radius 2 is 1.67 bits per heavy atom. The minimum absolute atomic E-state index is 0.189. The molecule has 4 aromatic rings. The molecule has 0 unspecified atom stereocenters. The minimum atomic E-state index is -0.318. The number of hydrogen-bond acceptors (Lipinski definition) is 3. The van der Waals surface area contributed by atoms with Crippen molar-refractivity contribution in [1.29, 1.82) is 0 Å². The van der Waals surface area contributed by atoms with Crippen molar-refractivity contribution in [2.75, 3.05) is 4.90 Å². The summed E-state index contributed by atoms with van der Waals surface area (Å²) >= 11 is 12.8. The highest BCUT2D eigenvalue weighted by atomic mass is 35.5. The predicted molar refractivity (Wildman–Crippen MR) is 134 cm³/mol. The molecular weight excluding hydrogens is 457 g/mol. The molecule has 1 aliphatic heterocycles. The minimum Gasteiger partial charge on any atom is -0.463 e. The van der Waals surface area contributed by atoms with Gasteiger partial charge in [0.25, 0.3) is 5.91 Å². The van der Waals surface area contributed by atoms with Gasteiger partial charge in [-0.05, 0) is 47.9 Å². The fourth-order valence-corrected chi connectivity index (χ4v) is 4.65. The molecule has 0 fully saturated rings. The first-order valence-corrected chi connectivity index (χ1v) is 11.3. The number of anilines is 2. The second-order valence-corrected chi connectivity index (χ2v) is 9.03. The molecule has 33 heavy (non-hydrogen) atoms. The molecule has 0 N–H and O–H groups in total. The lowest BCUT2D eigenvalue weighted by Gasteiger charge is -2.20. The van der Waals surface area contributed by atoms with Gasteiger partial charge in [0.05, 0.1) is 37.9 Å². The van der Waals surface area contributed by atoms with Crippen LogP contribution in [0.4, 0.5) is 11.4 Å². The number of fused-ring (bicyclic) bond motifs is 2. The van der Waals surface area contributed by atoms with E-state index in [9.17, 15) is 9.59 Å². The van der Waals surface area contributed by atoms with Crippen LogP contribution in [-0.2, 0) is 4.79 Å². The van der Waals surface area contributed by atoms with Gasteiger partial charge >= 0.3 is 0 Å². The van der Waals surface area contributed by atoms with E-state index in [0.717, 1.165) is 5.56 Å². The zero-order valence-corrected chi connectivity index (χ0v) is 19.4. The molecule has 5 rings (SSSR count). The summed E-state index contributed by atoms with van der Waals surface area (Å²) in [5.74, 6) is -0.0466. The molecule has 1 aromatic heterocycles. The van der Waals surface area contributed by atoms with Gasteiger partial charge in [0.15, 0.2) is 5.43 Å². The Morgan fingerprint density at radius 3 is 2.39 bits per heavy atom. The first kappa shape index (κ1) is 21.5. The summed E-state index contributed by atoms with van der Waals surface area (Å²) < 4.78 is 5.73. The standard InChI is InChI=1S/C27H19Cl2NO3/c1-15(2)16-10-11-24-20(12-16)26(31)17(14-33-24)13-19-18-6-3-4-9-23(18)30(27(19)32)25-21(28)7-5-8-22(25)29/h3-15H,1-2H3/b19-13+. The molecule has 1 aliphatic rings. The van der Waals surface area contributed by atoms with E-state index in [2.05, 4.69) is 13.8 Å². The maximum Gasteiger partial charge on any atom is 0.263 e. The molecule has 1 amide bonds. The molecule has 0 saturated heterocycles. The number of amides is 1. The summed E-state index contributed by atoms with van der Waals surface area (Å²) in [6.07, 6.45) is 2.98. The number of halogens is 2. The fourth-order valence-electron chi connectivity index (χ4n) is 4.08. The van der Waals surface area contributed by atoms with Crippen molar-refractivity contribution in [3.63, 3.8) is 0 Å². The quantitative estimate of drug-likeness (QED) is 0.289. The van der Waals surface area contributed by atoms with Crippen molar-refractivity contribution < 1.29 is 9.21 Å². The number of nitrogens with zero attached hydrogens (tertiary/aromatic N) is 1. The Kier molecular flexibility index (Phi) is 5.35. The number of carbonyl (C=O) groups is 1. The summed E-state index contributed by atoms with van der Waals surface area (Å²) in [5, 5.41) is 1.21. The van der Waals surface area contributed by atoms with E-state index in [0.29, 0.717) is 49.1 Å². The number of benzene rings is 3. The molecule has 0 atom stereocenters. The molecule has 4 nitrogen and oxygen atoms in total. The molecule has 3 aromatic carbocycles. The number of para-hydroxylation sites is 2. The zero-order valence-electron chi connectivity index (χ0n) is 17.9. The molecule has 0 spiro atoms. The van der Waals surface area contributed by atoms with Gasteiger partial charge < -0.3 is 4.42 Å². The van der Waals surface area contributed by atoms with Crippen molar-refractivity contribution in [2.24, 2.45) is 0 Å². The molecule has 6 heteroatoms. The Labute approximate surface area is 200 Å². The van der Waals surface area contributed by atoms with Gasteiger partial charge in [-0.2, -0.15) is 0 Å². The molecule has 164 valence electrons. The van der Waals surface area contributed by atoms with Crippen LogP contribution in [0.1, 0.15) is 36.5 Å². The number of rotatable bonds is 3. The van der Waals surface area contributed by atoms with Gasteiger partial charge in [0.1, 0.15) is 11.8 Å². The van der Waals surface area contributed by atoms with Crippen LogP contribution in [0.25, 0.3) is 22.6 Å². The van der Waals surface area contributed by atoms with Crippen LogP contribution < -0.4 is 10.3 Å². The summed E-state index contributed by atoms with van der Waals surface area (Å²) in [6.45, 7) is 4.13. The topological polar surface area (TPSA) is 50.5 Å². The van der Waals surface area contributed by atoms with Crippen molar-refractivity contribution >= 4 is 63.1 Å². The van der Waals surface area contributed by atoms with E-state index in [-0.39, 0.29) is 17.3 Å². The monoisotopic (exact) mass is 475 g/mol. The van der Waals surface area contributed by atoms with E-state index in [1.807, 2.05) is 36.4 Å². The second-order valence-electron chi connectivity index (χ2n) is 8.22. The van der Waals surface area contributed by atoms with Crippen LogP contribution in [0.5, 0.6) is 0 Å². The summed E-state index contributed by atoms with van der Waals surface area (Å²) in [6, 6.07) is 18.1. The van der Waals surface area contributed by atoms with Crippen LogP contribution in [0.3, 0.4) is 0 Å². The van der Waals surface area contributed by atoms with Gasteiger partial charge in [0, 0.05) is 5.56 Å². The first-order chi connectivity index (χ1) is 15.9. The van der Waals surface area contributed by atoms with Crippen molar-refractivity contribution in [3.05, 3.63) is 104 Å². The first-order valence-electron chi connectivity index (χ1n) is 10.5. The Hall–Kier alpha value is -3.34. The molecular formula is C27H19Cl2NO3. The Balaban J connectivity index is 1.70. The normalized spacial score (nSPS) is 14.5. The van der Waals surface area contributed by atoms with Crippen molar-refractivity contribution in [2.45, 2.75) is 19.8 Å². The van der Waals surface area contributed by atoms with Crippen LogP contribution >= 0.6 is 23.2 Å². The molecule has 2 heterocycles. The zero-order chi connectivity index (χ0) is 23.3. The van der Waals surface area contributed by atoms with E-state index in [1.165, 1.54) is 11.2 Å². The average molecular weight is 476 g/mol. The summed E-state index contributed by atoms with van der Waals surface area (Å²) in [5.41, 5.74) is 3.78. The Bertz CT molecular complexity index is 1500. The molecule has 0 bridgehead atoms. The smallest absolute Gasteiger partial charge is 0.263 e. The molecule has 0 aliphatic carbocycles. The number of hydrogen-bond donors (Lipinski definition) is 0. The molecule has 0 radical (unpaired) electrons. The highest BCUT2D eigenvalue weighted by Crippen LogP contribution is 2.46. The van der Waals surface area contributed by atoms with E-state index in [1.54, 1.807) is 30.3 Å². The van der Waals surface area contributed by atoms with Gasteiger partial charge in [-0.1, -0.05) is 67.4 Å². The van der Waals surface area contributed by atoms with Crippen LogP contribution in [0.15, 0.2) is 76.1 Å². The van der Waals surface area contributed by atoms with Crippen molar-refractivity contribution in [3.8, 4) is 0 Å². The van der Waals surface area contributed by atoms with Crippen LogP contribution in [0.2, 0.25) is 10.0 Å². The third-order valence-electron chi connectivity index (χ3n) is 5.82.